The maximum absolute atomic E-state index is 12.7. The summed E-state index contributed by atoms with van der Waals surface area (Å²) in [5.41, 5.74) is 1.70. The van der Waals surface area contributed by atoms with Crippen LogP contribution in [0.5, 0.6) is 0 Å². The number of rotatable bonds is 4. The molecule has 3 heterocycles. The van der Waals surface area contributed by atoms with E-state index in [0.29, 0.717) is 29.4 Å². The van der Waals surface area contributed by atoms with Gasteiger partial charge in [0, 0.05) is 17.8 Å². The molecular formula is C19H19N3O3S. The number of carbonyl (C=O) groups is 2. The highest BCUT2D eigenvalue weighted by molar-refractivity contribution is 7.16. The molecule has 0 radical (unpaired) electrons. The van der Waals surface area contributed by atoms with E-state index in [0.717, 1.165) is 31.2 Å². The Bertz CT molecular complexity index is 879. The molecule has 134 valence electrons. The lowest BCUT2D eigenvalue weighted by Gasteiger charge is -2.14. The number of anilines is 1. The molecule has 1 N–H and O–H groups in total. The second-order valence-corrected chi connectivity index (χ2v) is 7.88. The fraction of sp³-hybridized carbons (Fsp3) is 0.421. The van der Waals surface area contributed by atoms with Gasteiger partial charge in [-0.1, -0.05) is 0 Å². The van der Waals surface area contributed by atoms with Crippen molar-refractivity contribution in [3.63, 3.8) is 0 Å². The van der Waals surface area contributed by atoms with Gasteiger partial charge in [0.2, 0.25) is 11.8 Å². The van der Waals surface area contributed by atoms with Crippen molar-refractivity contribution in [2.45, 2.75) is 38.6 Å². The normalized spacial score (nSPS) is 19.3. The van der Waals surface area contributed by atoms with E-state index < -0.39 is 5.92 Å². The average Bonchev–Trinajstić information content (AvgIpc) is 3.34. The number of nitriles is 1. The number of hydrogen-bond donors (Lipinski definition) is 1. The summed E-state index contributed by atoms with van der Waals surface area (Å²) in [6, 6.07) is 5.85. The molecule has 0 spiro atoms. The van der Waals surface area contributed by atoms with E-state index in [2.05, 4.69) is 11.4 Å². The van der Waals surface area contributed by atoms with Crippen molar-refractivity contribution in [1.82, 2.24) is 4.90 Å². The lowest BCUT2D eigenvalue weighted by Crippen LogP contribution is -2.27. The summed E-state index contributed by atoms with van der Waals surface area (Å²) in [6.45, 7) is 0.755. The van der Waals surface area contributed by atoms with Gasteiger partial charge in [0.25, 0.3) is 0 Å². The molecule has 2 aliphatic rings. The number of nitrogens with zero attached hydrogens (tertiary/aromatic N) is 2. The van der Waals surface area contributed by atoms with Crippen LogP contribution in [0.15, 0.2) is 22.8 Å². The SMILES string of the molecule is N#Cc1c(NC(=O)C2CC(=O)N(Cc3ccco3)C2)sc2c1CCCC2. The van der Waals surface area contributed by atoms with Crippen molar-refractivity contribution in [3.05, 3.63) is 40.2 Å². The molecule has 2 aromatic heterocycles. The third-order valence-corrected chi connectivity index (χ3v) is 6.24. The van der Waals surface area contributed by atoms with Gasteiger partial charge in [-0.3, -0.25) is 9.59 Å². The third-order valence-electron chi connectivity index (χ3n) is 5.03. The molecule has 0 saturated carbocycles. The zero-order valence-corrected chi connectivity index (χ0v) is 15.1. The quantitative estimate of drug-likeness (QED) is 0.897. The predicted octanol–water partition coefficient (Wildman–Crippen LogP) is 3.08. The molecule has 0 bridgehead atoms. The van der Waals surface area contributed by atoms with Crippen LogP contribution in [-0.4, -0.2) is 23.3 Å². The molecule has 2 amide bonds. The molecule has 1 unspecified atom stereocenters. The molecule has 7 heteroatoms. The van der Waals surface area contributed by atoms with Crippen LogP contribution in [0.2, 0.25) is 0 Å². The minimum absolute atomic E-state index is 0.0486. The van der Waals surface area contributed by atoms with Crippen LogP contribution >= 0.6 is 11.3 Å². The van der Waals surface area contributed by atoms with Gasteiger partial charge in [0.15, 0.2) is 0 Å². The Hall–Kier alpha value is -2.59. The Morgan fingerprint density at radius 2 is 2.27 bits per heavy atom. The van der Waals surface area contributed by atoms with Gasteiger partial charge in [-0.2, -0.15) is 5.26 Å². The van der Waals surface area contributed by atoms with Crippen LogP contribution in [0.1, 0.15) is 41.0 Å². The van der Waals surface area contributed by atoms with Gasteiger partial charge >= 0.3 is 0 Å². The second kappa shape index (κ2) is 6.96. The summed E-state index contributed by atoms with van der Waals surface area (Å²) in [4.78, 5) is 27.7. The van der Waals surface area contributed by atoms with Crippen LogP contribution in [0, 0.1) is 17.2 Å². The number of carbonyl (C=O) groups excluding carboxylic acids is 2. The lowest BCUT2D eigenvalue weighted by atomic mass is 9.96. The molecule has 0 aromatic carbocycles. The molecule has 1 atom stereocenters. The van der Waals surface area contributed by atoms with Crippen LogP contribution in [0.3, 0.4) is 0 Å². The van der Waals surface area contributed by atoms with E-state index in [4.69, 9.17) is 4.42 Å². The molecule has 26 heavy (non-hydrogen) atoms. The highest BCUT2D eigenvalue weighted by atomic mass is 32.1. The summed E-state index contributed by atoms with van der Waals surface area (Å²) < 4.78 is 5.28. The zero-order valence-electron chi connectivity index (χ0n) is 14.3. The molecule has 2 aromatic rings. The molecule has 1 fully saturated rings. The number of amides is 2. The molecular weight excluding hydrogens is 350 g/mol. The molecule has 4 rings (SSSR count). The van der Waals surface area contributed by atoms with Crippen LogP contribution < -0.4 is 5.32 Å². The van der Waals surface area contributed by atoms with Crippen LogP contribution in [0.4, 0.5) is 5.00 Å². The maximum atomic E-state index is 12.7. The van der Waals surface area contributed by atoms with Gasteiger partial charge < -0.3 is 14.6 Å². The topological polar surface area (TPSA) is 86.3 Å². The minimum Gasteiger partial charge on any atom is -0.467 e. The Labute approximate surface area is 155 Å². The predicted molar refractivity (Wildman–Crippen MR) is 96.5 cm³/mol. The maximum Gasteiger partial charge on any atom is 0.230 e. The van der Waals surface area contributed by atoms with Crippen molar-refractivity contribution < 1.29 is 14.0 Å². The third kappa shape index (κ3) is 3.13. The van der Waals surface area contributed by atoms with Crippen LogP contribution in [-0.2, 0) is 29.0 Å². The highest BCUT2D eigenvalue weighted by Crippen LogP contribution is 2.38. The summed E-state index contributed by atoms with van der Waals surface area (Å²) in [5, 5.41) is 13.1. The first-order valence-electron chi connectivity index (χ1n) is 8.81. The number of nitrogens with one attached hydrogen (secondary N) is 1. The standard InChI is InChI=1S/C19H19N3O3S/c20-9-15-14-5-1-2-6-16(14)26-19(15)21-18(24)12-8-17(23)22(10-12)11-13-4-3-7-25-13/h3-4,7,12H,1-2,5-6,8,10-11H2,(H,21,24). The zero-order chi connectivity index (χ0) is 18.1. The first kappa shape index (κ1) is 16.9. The Balaban J connectivity index is 1.45. The number of thiophene rings is 1. The number of fused-ring (bicyclic) bond motifs is 1. The van der Waals surface area contributed by atoms with E-state index in [9.17, 15) is 14.9 Å². The number of furan rings is 1. The number of likely N-dealkylation sites (tertiary alicyclic amines) is 1. The first-order valence-corrected chi connectivity index (χ1v) is 9.63. The van der Waals surface area contributed by atoms with Crippen molar-refractivity contribution >= 4 is 28.2 Å². The lowest BCUT2D eigenvalue weighted by molar-refractivity contribution is -0.128. The summed E-state index contributed by atoms with van der Waals surface area (Å²) >= 11 is 1.51. The van der Waals surface area contributed by atoms with Crippen LogP contribution in [0.25, 0.3) is 0 Å². The largest absolute Gasteiger partial charge is 0.467 e. The Morgan fingerprint density at radius 1 is 1.42 bits per heavy atom. The fourth-order valence-electron chi connectivity index (χ4n) is 3.68. The van der Waals surface area contributed by atoms with E-state index in [1.807, 2.05) is 6.07 Å². The number of hydrogen-bond acceptors (Lipinski definition) is 5. The van der Waals surface area contributed by atoms with E-state index >= 15 is 0 Å². The van der Waals surface area contributed by atoms with Gasteiger partial charge in [0.05, 0.1) is 24.3 Å². The second-order valence-electron chi connectivity index (χ2n) is 6.77. The smallest absolute Gasteiger partial charge is 0.230 e. The molecule has 1 aliphatic carbocycles. The van der Waals surface area contributed by atoms with Gasteiger partial charge in [-0.25, -0.2) is 0 Å². The van der Waals surface area contributed by atoms with Crippen molar-refractivity contribution in [3.8, 4) is 6.07 Å². The Kier molecular flexibility index (Phi) is 4.51. The summed E-state index contributed by atoms with van der Waals surface area (Å²) in [5.74, 6) is 0.0724. The van der Waals surface area contributed by atoms with Crippen molar-refractivity contribution in [1.29, 1.82) is 5.26 Å². The van der Waals surface area contributed by atoms with Gasteiger partial charge in [-0.05, 0) is 43.4 Å². The van der Waals surface area contributed by atoms with E-state index in [1.165, 1.54) is 16.2 Å². The first-order chi connectivity index (χ1) is 12.7. The molecule has 1 saturated heterocycles. The summed E-state index contributed by atoms with van der Waals surface area (Å²) in [6.07, 6.45) is 5.86. The van der Waals surface area contributed by atoms with E-state index in [1.54, 1.807) is 17.2 Å². The molecule has 6 nitrogen and oxygen atoms in total. The monoisotopic (exact) mass is 369 g/mol. The minimum atomic E-state index is -0.400. The van der Waals surface area contributed by atoms with Gasteiger partial charge in [-0.15, -0.1) is 11.3 Å². The van der Waals surface area contributed by atoms with Crippen molar-refractivity contribution in [2.24, 2.45) is 5.92 Å². The van der Waals surface area contributed by atoms with Gasteiger partial charge in [0.1, 0.15) is 16.8 Å². The number of aryl methyl sites for hydroxylation is 1. The highest BCUT2D eigenvalue weighted by Gasteiger charge is 2.35. The summed E-state index contributed by atoms with van der Waals surface area (Å²) in [7, 11) is 0. The Morgan fingerprint density at radius 3 is 3.04 bits per heavy atom. The van der Waals surface area contributed by atoms with Crippen molar-refractivity contribution in [2.75, 3.05) is 11.9 Å². The molecule has 1 aliphatic heterocycles. The van der Waals surface area contributed by atoms with E-state index in [-0.39, 0.29) is 18.2 Å². The fourth-order valence-corrected chi connectivity index (χ4v) is 4.92. The average molecular weight is 369 g/mol.